The lowest BCUT2D eigenvalue weighted by Crippen LogP contribution is -2.22. The molecule has 94 valence electrons. The van der Waals surface area contributed by atoms with Crippen molar-refractivity contribution >= 4 is 17.6 Å². The molecular weight excluding hydrogens is 250 g/mol. The minimum atomic E-state index is -1.46. The minimum absolute atomic E-state index is 0.0892. The molecule has 3 N–H and O–H groups in total. The maximum absolute atomic E-state index is 10.4. The van der Waals surface area contributed by atoms with E-state index in [1.165, 1.54) is 19.4 Å². The molecule has 1 rings (SSSR count). The number of hydrogen-bond acceptors (Lipinski definition) is 5. The standard InChI is InChI=1S/C10H12ClNO5/c1-17-10-6(2-5(11)4-12-10)9(16)7(13)3-8(14)15/h2,4,7,9,13,16H,3H2,1H3,(H,14,15). The summed E-state index contributed by atoms with van der Waals surface area (Å²) < 4.78 is 4.89. The zero-order valence-corrected chi connectivity index (χ0v) is 9.76. The number of ether oxygens (including phenoxy) is 1. The van der Waals surface area contributed by atoms with Crippen LogP contribution >= 0.6 is 11.6 Å². The van der Waals surface area contributed by atoms with Crippen LogP contribution in [-0.4, -0.2) is 39.5 Å². The van der Waals surface area contributed by atoms with Gasteiger partial charge < -0.3 is 20.1 Å². The van der Waals surface area contributed by atoms with Crippen LogP contribution in [0.3, 0.4) is 0 Å². The molecule has 0 bridgehead atoms. The molecule has 0 saturated heterocycles. The van der Waals surface area contributed by atoms with Crippen molar-refractivity contribution in [1.29, 1.82) is 0 Å². The highest BCUT2D eigenvalue weighted by Gasteiger charge is 2.25. The Labute approximate surface area is 102 Å². The third-order valence-corrected chi connectivity index (χ3v) is 2.31. The molecule has 7 heteroatoms. The number of carbonyl (C=O) groups is 1. The average Bonchev–Trinajstić information content (AvgIpc) is 2.27. The predicted octanol–water partition coefficient (Wildman–Crippen LogP) is 0.613. The van der Waals surface area contributed by atoms with E-state index in [1.54, 1.807) is 0 Å². The highest BCUT2D eigenvalue weighted by atomic mass is 35.5. The molecule has 2 atom stereocenters. The van der Waals surface area contributed by atoms with Gasteiger partial charge in [0.05, 0.1) is 24.7 Å². The Hall–Kier alpha value is -1.37. The van der Waals surface area contributed by atoms with Crippen LogP contribution in [0.15, 0.2) is 12.3 Å². The molecular formula is C10H12ClNO5. The van der Waals surface area contributed by atoms with Gasteiger partial charge in [-0.15, -0.1) is 0 Å². The fourth-order valence-corrected chi connectivity index (χ4v) is 1.49. The highest BCUT2D eigenvalue weighted by molar-refractivity contribution is 6.30. The number of aliphatic carboxylic acids is 1. The molecule has 0 amide bonds. The van der Waals surface area contributed by atoms with E-state index in [2.05, 4.69) is 4.98 Å². The summed E-state index contributed by atoms with van der Waals surface area (Å²) in [7, 11) is 1.34. The molecule has 0 radical (unpaired) electrons. The maximum Gasteiger partial charge on any atom is 0.306 e. The Morgan fingerprint density at radius 1 is 1.59 bits per heavy atom. The smallest absolute Gasteiger partial charge is 0.306 e. The highest BCUT2D eigenvalue weighted by Crippen LogP contribution is 2.28. The number of hydrogen-bond donors (Lipinski definition) is 3. The summed E-state index contributed by atoms with van der Waals surface area (Å²) in [6, 6.07) is 1.36. The van der Waals surface area contributed by atoms with Crippen LogP contribution < -0.4 is 4.74 Å². The zero-order chi connectivity index (χ0) is 13.0. The second kappa shape index (κ2) is 5.81. The van der Waals surface area contributed by atoms with Gasteiger partial charge in [-0.2, -0.15) is 0 Å². The quantitative estimate of drug-likeness (QED) is 0.718. The van der Waals surface area contributed by atoms with Gasteiger partial charge in [0.25, 0.3) is 0 Å². The van der Waals surface area contributed by atoms with Gasteiger partial charge in [-0.25, -0.2) is 4.98 Å². The minimum Gasteiger partial charge on any atom is -0.481 e. The van der Waals surface area contributed by atoms with Gasteiger partial charge in [-0.05, 0) is 6.07 Å². The number of aliphatic hydroxyl groups excluding tert-OH is 2. The van der Waals surface area contributed by atoms with E-state index in [-0.39, 0.29) is 16.5 Å². The van der Waals surface area contributed by atoms with Crippen molar-refractivity contribution in [2.24, 2.45) is 0 Å². The third kappa shape index (κ3) is 3.55. The molecule has 0 aliphatic rings. The van der Waals surface area contributed by atoms with Gasteiger partial charge in [0.1, 0.15) is 6.10 Å². The summed E-state index contributed by atoms with van der Waals surface area (Å²) in [6.07, 6.45) is -2.15. The first-order chi connectivity index (χ1) is 7.95. The second-order valence-electron chi connectivity index (χ2n) is 3.36. The number of carboxylic acid groups (broad SMARTS) is 1. The van der Waals surface area contributed by atoms with E-state index < -0.39 is 24.6 Å². The molecule has 6 nitrogen and oxygen atoms in total. The lowest BCUT2D eigenvalue weighted by atomic mass is 10.0. The van der Waals surface area contributed by atoms with E-state index in [0.717, 1.165) is 0 Å². The van der Waals surface area contributed by atoms with Gasteiger partial charge >= 0.3 is 5.97 Å². The summed E-state index contributed by atoms with van der Waals surface area (Å²) in [6.45, 7) is 0. The van der Waals surface area contributed by atoms with Crippen LogP contribution in [0.4, 0.5) is 0 Å². The first-order valence-electron chi connectivity index (χ1n) is 4.73. The molecule has 0 aliphatic carbocycles. The first-order valence-corrected chi connectivity index (χ1v) is 5.11. The number of rotatable bonds is 5. The third-order valence-electron chi connectivity index (χ3n) is 2.11. The van der Waals surface area contributed by atoms with Gasteiger partial charge in [-0.3, -0.25) is 4.79 Å². The number of halogens is 1. The van der Waals surface area contributed by atoms with E-state index in [4.69, 9.17) is 21.4 Å². The van der Waals surface area contributed by atoms with Crippen LogP contribution in [-0.2, 0) is 4.79 Å². The van der Waals surface area contributed by atoms with Crippen molar-refractivity contribution in [2.45, 2.75) is 18.6 Å². The summed E-state index contributed by atoms with van der Waals surface area (Å²) in [5.41, 5.74) is 0.147. The average molecular weight is 262 g/mol. The Kier molecular flexibility index (Phi) is 4.68. The fraction of sp³-hybridized carbons (Fsp3) is 0.400. The molecule has 1 aromatic rings. The van der Waals surface area contributed by atoms with E-state index in [1.807, 2.05) is 0 Å². The van der Waals surface area contributed by atoms with Crippen LogP contribution in [0, 0.1) is 0 Å². The van der Waals surface area contributed by atoms with Gasteiger partial charge in [0, 0.05) is 11.8 Å². The number of pyridine rings is 1. The van der Waals surface area contributed by atoms with Gasteiger partial charge in [0.15, 0.2) is 0 Å². The van der Waals surface area contributed by atoms with Crippen molar-refractivity contribution < 1.29 is 24.9 Å². The largest absolute Gasteiger partial charge is 0.481 e. The predicted molar refractivity (Wildman–Crippen MR) is 59.0 cm³/mol. The molecule has 0 saturated carbocycles. The van der Waals surface area contributed by atoms with E-state index >= 15 is 0 Å². The summed E-state index contributed by atoms with van der Waals surface area (Å²) in [4.78, 5) is 14.2. The molecule has 0 aromatic carbocycles. The zero-order valence-electron chi connectivity index (χ0n) is 9.00. The Bertz CT molecular complexity index is 412. The van der Waals surface area contributed by atoms with Crippen LogP contribution in [0.25, 0.3) is 0 Å². The summed E-state index contributed by atoms with van der Waals surface area (Å²) in [5.74, 6) is -1.13. The number of aromatic nitrogens is 1. The number of methoxy groups -OCH3 is 1. The Morgan fingerprint density at radius 2 is 2.24 bits per heavy atom. The van der Waals surface area contributed by atoms with Crippen molar-refractivity contribution in [3.63, 3.8) is 0 Å². The lowest BCUT2D eigenvalue weighted by molar-refractivity contribution is -0.141. The van der Waals surface area contributed by atoms with Crippen molar-refractivity contribution in [3.8, 4) is 5.88 Å². The van der Waals surface area contributed by atoms with Crippen molar-refractivity contribution in [1.82, 2.24) is 4.98 Å². The monoisotopic (exact) mass is 261 g/mol. The maximum atomic E-state index is 10.4. The number of aliphatic hydroxyl groups is 2. The van der Waals surface area contributed by atoms with E-state index in [0.29, 0.717) is 0 Å². The number of carboxylic acids is 1. The molecule has 2 unspecified atom stereocenters. The SMILES string of the molecule is COc1ncc(Cl)cc1C(O)C(O)CC(=O)O. The summed E-state index contributed by atoms with van der Waals surface area (Å²) in [5, 5.41) is 28.0. The molecule has 17 heavy (non-hydrogen) atoms. The Balaban J connectivity index is 2.97. The summed E-state index contributed by atoms with van der Waals surface area (Å²) >= 11 is 5.70. The normalized spacial score (nSPS) is 14.1. The van der Waals surface area contributed by atoms with Crippen molar-refractivity contribution in [3.05, 3.63) is 22.8 Å². The number of nitrogens with zero attached hydrogens (tertiary/aromatic N) is 1. The van der Waals surface area contributed by atoms with Crippen LogP contribution in [0.1, 0.15) is 18.1 Å². The van der Waals surface area contributed by atoms with Crippen LogP contribution in [0.2, 0.25) is 5.02 Å². The van der Waals surface area contributed by atoms with Crippen molar-refractivity contribution in [2.75, 3.05) is 7.11 Å². The molecule has 0 fully saturated rings. The first kappa shape index (κ1) is 13.7. The topological polar surface area (TPSA) is 99.9 Å². The molecule has 0 spiro atoms. The van der Waals surface area contributed by atoms with Crippen LogP contribution in [0.5, 0.6) is 5.88 Å². The fourth-order valence-electron chi connectivity index (χ4n) is 1.32. The second-order valence-corrected chi connectivity index (χ2v) is 3.80. The molecule has 1 aromatic heterocycles. The molecule has 1 heterocycles. The lowest BCUT2D eigenvalue weighted by Gasteiger charge is -2.18. The van der Waals surface area contributed by atoms with Gasteiger partial charge in [-0.1, -0.05) is 11.6 Å². The van der Waals surface area contributed by atoms with Gasteiger partial charge in [0.2, 0.25) is 5.88 Å². The molecule has 0 aliphatic heterocycles. The van der Waals surface area contributed by atoms with E-state index in [9.17, 15) is 15.0 Å². The Morgan fingerprint density at radius 3 is 2.76 bits per heavy atom.